The van der Waals surface area contributed by atoms with Gasteiger partial charge in [-0.1, -0.05) is 12.1 Å². The molecule has 2 saturated heterocycles. The van der Waals surface area contributed by atoms with Crippen LogP contribution in [-0.4, -0.2) is 63.8 Å². The molecule has 6 rings (SSSR count). The van der Waals surface area contributed by atoms with Crippen molar-refractivity contribution >= 4 is 11.6 Å². The first-order valence-corrected chi connectivity index (χ1v) is 13.3. The number of alkyl halides is 5. The Bertz CT molecular complexity index is 1480. The quantitative estimate of drug-likeness (QED) is 0.451. The minimum Gasteiger partial charge on any atom is -0.379 e. The number of rotatable bonds is 6. The fourth-order valence-electron chi connectivity index (χ4n) is 5.91. The van der Waals surface area contributed by atoms with Gasteiger partial charge >= 0.3 is 6.18 Å². The third-order valence-corrected chi connectivity index (χ3v) is 8.40. The number of nitrogens with two attached hydrogens (primary N) is 1. The van der Waals surface area contributed by atoms with Crippen LogP contribution >= 0.6 is 0 Å². The molecule has 0 unspecified atom stereocenters. The molecule has 13 heteroatoms. The van der Waals surface area contributed by atoms with Gasteiger partial charge in [0.25, 0.3) is 11.8 Å². The summed E-state index contributed by atoms with van der Waals surface area (Å²) >= 11 is 0. The molecule has 3 aromatic rings. The average Bonchev–Trinajstić information content (AvgIpc) is 3.45. The van der Waals surface area contributed by atoms with E-state index in [1.807, 2.05) is 23.7 Å². The predicted octanol–water partition coefficient (Wildman–Crippen LogP) is 3.67. The van der Waals surface area contributed by atoms with Crippen molar-refractivity contribution in [2.75, 3.05) is 31.2 Å². The van der Waals surface area contributed by atoms with Gasteiger partial charge in [0.05, 0.1) is 31.4 Å². The van der Waals surface area contributed by atoms with Gasteiger partial charge in [-0.15, -0.1) is 10.2 Å². The molecule has 1 amide bonds. The number of aryl methyl sites for hydroxylation is 1. The van der Waals surface area contributed by atoms with Crippen molar-refractivity contribution < 1.29 is 31.5 Å². The average molecular weight is 577 g/mol. The molecule has 4 heterocycles. The van der Waals surface area contributed by atoms with E-state index in [2.05, 4.69) is 10.2 Å². The second kappa shape index (κ2) is 9.85. The summed E-state index contributed by atoms with van der Waals surface area (Å²) in [7, 11) is 1.85. The number of hydrogen-bond acceptors (Lipinski definition) is 6. The molecule has 0 aliphatic carbocycles. The Hall–Kier alpha value is -3.42. The topological polar surface area (TPSA) is 89.5 Å². The Morgan fingerprint density at radius 1 is 1.17 bits per heavy atom. The van der Waals surface area contributed by atoms with E-state index in [1.165, 1.54) is 11.0 Å². The Morgan fingerprint density at radius 3 is 2.59 bits per heavy atom. The summed E-state index contributed by atoms with van der Waals surface area (Å²) in [5.74, 6) is -2.79. The molecule has 218 valence electrons. The minimum atomic E-state index is -4.70. The van der Waals surface area contributed by atoms with Crippen molar-refractivity contribution in [3.63, 3.8) is 0 Å². The van der Waals surface area contributed by atoms with Crippen LogP contribution in [0.3, 0.4) is 0 Å². The number of carbonyl (C=O) groups is 1. The second-order valence-corrected chi connectivity index (χ2v) is 11.3. The number of benzene rings is 2. The van der Waals surface area contributed by atoms with Crippen LogP contribution in [0.15, 0.2) is 42.7 Å². The number of amides is 1. The number of halogens is 5. The number of likely N-dealkylation sites (tertiary alicyclic amines) is 1. The van der Waals surface area contributed by atoms with Crippen molar-refractivity contribution in [3.8, 4) is 0 Å². The number of hydrogen-bond donors (Lipinski definition) is 1. The summed E-state index contributed by atoms with van der Waals surface area (Å²) in [5.41, 5.74) is 5.78. The van der Waals surface area contributed by atoms with Crippen LogP contribution < -0.4 is 10.6 Å². The zero-order valence-corrected chi connectivity index (χ0v) is 22.3. The van der Waals surface area contributed by atoms with Gasteiger partial charge in [-0.05, 0) is 41.0 Å². The Balaban J connectivity index is 1.29. The first-order valence-electron chi connectivity index (χ1n) is 13.3. The molecule has 3 aliphatic heterocycles. The van der Waals surface area contributed by atoms with Gasteiger partial charge in [0, 0.05) is 56.2 Å². The third-order valence-electron chi connectivity index (χ3n) is 8.40. The summed E-state index contributed by atoms with van der Waals surface area (Å²) < 4.78 is 77.7. The molecule has 0 saturated carbocycles. The van der Waals surface area contributed by atoms with Crippen LogP contribution in [0.1, 0.15) is 44.9 Å². The van der Waals surface area contributed by atoms with Gasteiger partial charge in [0.2, 0.25) is 0 Å². The lowest BCUT2D eigenvalue weighted by atomic mass is 9.75. The van der Waals surface area contributed by atoms with E-state index in [0.29, 0.717) is 25.3 Å². The van der Waals surface area contributed by atoms with Crippen molar-refractivity contribution in [1.29, 1.82) is 0 Å². The van der Waals surface area contributed by atoms with Gasteiger partial charge in [-0.3, -0.25) is 9.69 Å². The van der Waals surface area contributed by atoms with E-state index in [0.717, 1.165) is 17.5 Å². The maximum atomic E-state index is 14.2. The van der Waals surface area contributed by atoms with Crippen LogP contribution in [0.25, 0.3) is 0 Å². The molecule has 2 N–H and O–H groups in total. The number of piperidine rings is 1. The van der Waals surface area contributed by atoms with E-state index in [4.69, 9.17) is 10.5 Å². The maximum absolute atomic E-state index is 14.2. The molecule has 2 aromatic carbocycles. The van der Waals surface area contributed by atoms with Crippen LogP contribution in [0, 0.1) is 0 Å². The first-order chi connectivity index (χ1) is 19.4. The highest BCUT2D eigenvalue weighted by Crippen LogP contribution is 2.42. The largest absolute Gasteiger partial charge is 0.416 e. The Kier molecular flexibility index (Phi) is 6.66. The molecular formula is C28H29F5N6O2. The second-order valence-electron chi connectivity index (χ2n) is 11.3. The molecule has 41 heavy (non-hydrogen) atoms. The smallest absolute Gasteiger partial charge is 0.379 e. The van der Waals surface area contributed by atoms with Gasteiger partial charge < -0.3 is 19.9 Å². The van der Waals surface area contributed by atoms with Crippen LogP contribution in [0.5, 0.6) is 0 Å². The lowest BCUT2D eigenvalue weighted by molar-refractivity contribution is -0.138. The highest BCUT2D eigenvalue weighted by molar-refractivity contribution is 6.10. The van der Waals surface area contributed by atoms with Crippen molar-refractivity contribution in [3.05, 3.63) is 76.4 Å². The van der Waals surface area contributed by atoms with Crippen molar-refractivity contribution in [2.45, 2.75) is 49.5 Å². The van der Waals surface area contributed by atoms with Crippen LogP contribution in [0.4, 0.5) is 27.6 Å². The molecule has 3 aliphatic rings. The Labute approximate surface area is 232 Å². The van der Waals surface area contributed by atoms with E-state index >= 15 is 0 Å². The normalized spacial score (nSPS) is 22.1. The summed E-state index contributed by atoms with van der Waals surface area (Å²) in [6.45, 7) is 0.452. The third kappa shape index (κ3) is 4.99. The van der Waals surface area contributed by atoms with Gasteiger partial charge in [-0.25, -0.2) is 8.78 Å². The van der Waals surface area contributed by atoms with E-state index < -0.39 is 41.4 Å². The number of ether oxygens (including phenoxy) is 1. The SMILES string of the molecule is Cn1cnnc1CC1(c2cccc(N3Cc4c(cc(CN5CCC(F)(F)[C@H](N)C5)cc4C(F)(F)F)C3=O)c2)COC1. The van der Waals surface area contributed by atoms with Crippen LogP contribution in [-0.2, 0) is 42.9 Å². The molecular weight excluding hydrogens is 547 g/mol. The number of carbonyl (C=O) groups excluding carboxylic acids is 1. The van der Waals surface area contributed by atoms with E-state index in [9.17, 15) is 26.7 Å². The number of aromatic nitrogens is 3. The molecule has 0 spiro atoms. The van der Waals surface area contributed by atoms with Crippen molar-refractivity contribution in [2.24, 2.45) is 12.8 Å². The fourth-order valence-corrected chi connectivity index (χ4v) is 5.91. The van der Waals surface area contributed by atoms with Gasteiger partial charge in [0.1, 0.15) is 12.2 Å². The standard InChI is InChI=1S/C28H29F5N6O2/c1-37-16-35-36-24(37)10-26(14-41-15-26)18-3-2-4-19(9-18)39-12-21-20(25(39)40)7-17(8-22(21)28(31,32)33)11-38-6-5-27(29,30)23(34)13-38/h2-4,7-9,16,23H,5-6,10-15,34H2,1H3/t23-/m1/s1. The zero-order valence-electron chi connectivity index (χ0n) is 22.3. The van der Waals surface area contributed by atoms with Gasteiger partial charge in [0.15, 0.2) is 0 Å². The highest BCUT2D eigenvalue weighted by Gasteiger charge is 2.45. The van der Waals surface area contributed by atoms with Gasteiger partial charge in [-0.2, -0.15) is 13.2 Å². The molecule has 2 fully saturated rings. The fraction of sp³-hybridized carbons (Fsp3) is 0.464. The monoisotopic (exact) mass is 576 g/mol. The molecule has 0 bridgehead atoms. The minimum absolute atomic E-state index is 0.00813. The van der Waals surface area contributed by atoms with E-state index in [-0.39, 0.29) is 42.9 Å². The van der Waals surface area contributed by atoms with Crippen molar-refractivity contribution in [1.82, 2.24) is 19.7 Å². The predicted molar refractivity (Wildman–Crippen MR) is 138 cm³/mol. The molecule has 8 nitrogen and oxygen atoms in total. The molecule has 1 atom stereocenters. The highest BCUT2D eigenvalue weighted by atomic mass is 19.4. The molecule has 1 aromatic heterocycles. The molecule has 0 radical (unpaired) electrons. The summed E-state index contributed by atoms with van der Waals surface area (Å²) in [4.78, 5) is 16.5. The summed E-state index contributed by atoms with van der Waals surface area (Å²) in [5, 5.41) is 8.12. The number of nitrogens with zero attached hydrogens (tertiary/aromatic N) is 5. The zero-order chi connectivity index (χ0) is 29.2. The van der Waals surface area contributed by atoms with Crippen LogP contribution in [0.2, 0.25) is 0 Å². The number of anilines is 1. The lowest BCUT2D eigenvalue weighted by Crippen LogP contribution is -2.54. The Morgan fingerprint density at radius 2 is 1.95 bits per heavy atom. The van der Waals surface area contributed by atoms with E-state index in [1.54, 1.807) is 23.4 Å². The maximum Gasteiger partial charge on any atom is 0.416 e. The first kappa shape index (κ1) is 27.7. The summed E-state index contributed by atoms with van der Waals surface area (Å²) in [6, 6.07) is 8.29. The lowest BCUT2D eigenvalue weighted by Gasteiger charge is -2.42. The summed E-state index contributed by atoms with van der Waals surface area (Å²) in [6.07, 6.45) is -3.01. The number of fused-ring (bicyclic) bond motifs is 1.